The van der Waals surface area contributed by atoms with E-state index in [2.05, 4.69) is 4.72 Å². The highest BCUT2D eigenvalue weighted by Gasteiger charge is 2.16. The van der Waals surface area contributed by atoms with Crippen LogP contribution in [0.5, 0.6) is 0 Å². The molecule has 0 bridgehead atoms. The van der Waals surface area contributed by atoms with Crippen molar-refractivity contribution in [2.45, 2.75) is 18.7 Å². The second-order valence-electron chi connectivity index (χ2n) is 4.87. The van der Waals surface area contributed by atoms with Crippen LogP contribution in [-0.4, -0.2) is 15.0 Å². The van der Waals surface area contributed by atoms with Gasteiger partial charge in [-0.25, -0.2) is 13.1 Å². The van der Waals surface area contributed by atoms with Crippen LogP contribution in [0.1, 0.15) is 13.8 Å². The third-order valence-electron chi connectivity index (χ3n) is 2.94. The van der Waals surface area contributed by atoms with Crippen molar-refractivity contribution >= 4 is 26.5 Å². The van der Waals surface area contributed by atoms with Gasteiger partial charge in [-0.1, -0.05) is 29.8 Å². The van der Waals surface area contributed by atoms with Crippen molar-refractivity contribution in [1.82, 2.24) is 4.72 Å². The Balaban J connectivity index is 2.44. The van der Waals surface area contributed by atoms with E-state index in [1.165, 1.54) is 0 Å². The molecule has 5 heteroatoms. The van der Waals surface area contributed by atoms with Crippen molar-refractivity contribution < 1.29 is 8.42 Å². The van der Waals surface area contributed by atoms with Crippen molar-refractivity contribution in [3.8, 4) is 0 Å². The number of hydrogen-bond acceptors (Lipinski definition) is 3. The third kappa shape index (κ3) is 3.18. The summed E-state index contributed by atoms with van der Waals surface area (Å²) < 4.78 is 27.3. The number of anilines is 1. The van der Waals surface area contributed by atoms with E-state index in [-0.39, 0.29) is 11.4 Å². The van der Waals surface area contributed by atoms with Gasteiger partial charge in [0, 0.05) is 17.6 Å². The number of nitrogen functional groups attached to an aromatic ring is 1. The molecule has 0 heterocycles. The minimum atomic E-state index is -3.53. The highest BCUT2D eigenvalue weighted by atomic mass is 32.2. The van der Waals surface area contributed by atoms with Gasteiger partial charge in [-0.15, -0.1) is 0 Å². The maximum Gasteiger partial charge on any atom is 0.241 e. The lowest BCUT2D eigenvalue weighted by molar-refractivity contribution is 0.586. The lowest BCUT2D eigenvalue weighted by atomic mass is 10.1. The minimum Gasteiger partial charge on any atom is -0.399 e. The summed E-state index contributed by atoms with van der Waals surface area (Å²) in [6, 6.07) is 10.4. The summed E-state index contributed by atoms with van der Waals surface area (Å²) in [4.78, 5) is 0.275. The predicted octanol–water partition coefficient (Wildman–Crippen LogP) is 2.67. The van der Waals surface area contributed by atoms with Gasteiger partial charge >= 0.3 is 0 Å². The van der Waals surface area contributed by atoms with Crippen molar-refractivity contribution in [3.63, 3.8) is 0 Å². The molecule has 20 heavy (non-hydrogen) atoms. The lowest BCUT2D eigenvalue weighted by Gasteiger charge is -2.09. The summed E-state index contributed by atoms with van der Waals surface area (Å²) in [7, 11) is -3.53. The summed E-state index contributed by atoms with van der Waals surface area (Å²) in [5.74, 6) is 0. The van der Waals surface area contributed by atoms with E-state index in [4.69, 9.17) is 5.73 Å². The highest BCUT2D eigenvalue weighted by molar-refractivity contribution is 7.89. The van der Waals surface area contributed by atoms with Crippen LogP contribution in [0.25, 0.3) is 10.8 Å². The van der Waals surface area contributed by atoms with Gasteiger partial charge in [0.1, 0.15) is 0 Å². The van der Waals surface area contributed by atoms with Crippen LogP contribution in [0.2, 0.25) is 0 Å². The number of fused-ring (bicyclic) bond motifs is 1. The first kappa shape index (κ1) is 14.6. The Bertz CT molecular complexity index is 761. The highest BCUT2D eigenvalue weighted by Crippen LogP contribution is 2.24. The molecular weight excluding hydrogens is 272 g/mol. The van der Waals surface area contributed by atoms with Gasteiger partial charge in [-0.3, -0.25) is 0 Å². The Morgan fingerprint density at radius 3 is 2.70 bits per heavy atom. The van der Waals surface area contributed by atoms with E-state index in [0.29, 0.717) is 11.1 Å². The summed E-state index contributed by atoms with van der Waals surface area (Å²) in [5, 5.41) is 1.49. The maximum atomic E-state index is 12.3. The van der Waals surface area contributed by atoms with Crippen molar-refractivity contribution in [3.05, 3.63) is 48.0 Å². The number of nitrogens with one attached hydrogen (secondary N) is 1. The molecule has 0 aliphatic heterocycles. The average Bonchev–Trinajstić information content (AvgIpc) is 2.36. The van der Waals surface area contributed by atoms with Gasteiger partial charge in [0.15, 0.2) is 0 Å². The number of allylic oxidation sites excluding steroid dienone is 1. The molecule has 106 valence electrons. The largest absolute Gasteiger partial charge is 0.399 e. The zero-order valence-corrected chi connectivity index (χ0v) is 12.4. The summed E-state index contributed by atoms with van der Waals surface area (Å²) in [6.07, 6.45) is 1.83. The molecule has 0 saturated carbocycles. The molecule has 0 spiro atoms. The minimum absolute atomic E-state index is 0.275. The lowest BCUT2D eigenvalue weighted by Crippen LogP contribution is -2.24. The van der Waals surface area contributed by atoms with Crippen LogP contribution in [0.3, 0.4) is 0 Å². The van der Waals surface area contributed by atoms with Crippen LogP contribution in [0.4, 0.5) is 5.69 Å². The first-order valence-corrected chi connectivity index (χ1v) is 7.80. The quantitative estimate of drug-likeness (QED) is 0.671. The molecule has 3 N–H and O–H groups in total. The molecule has 0 unspecified atom stereocenters. The van der Waals surface area contributed by atoms with Gasteiger partial charge in [0.2, 0.25) is 10.0 Å². The number of hydrogen-bond donors (Lipinski definition) is 2. The van der Waals surface area contributed by atoms with Gasteiger partial charge in [0.05, 0.1) is 4.90 Å². The molecular formula is C15H18N2O2S. The smallest absolute Gasteiger partial charge is 0.241 e. The Kier molecular flexibility index (Phi) is 4.11. The van der Waals surface area contributed by atoms with Crippen molar-refractivity contribution in [1.29, 1.82) is 0 Å². The van der Waals surface area contributed by atoms with Gasteiger partial charge in [0.25, 0.3) is 0 Å². The second kappa shape index (κ2) is 5.64. The molecule has 0 saturated heterocycles. The first-order chi connectivity index (χ1) is 9.40. The zero-order chi connectivity index (χ0) is 14.8. The molecule has 0 aliphatic rings. The standard InChI is InChI=1S/C15H18N2O2S/c1-11(2)8-9-17-20(18,19)15-5-3-4-12-10-13(16)6-7-14(12)15/h3-8,10,17H,9,16H2,1-2H3. The number of nitrogens with two attached hydrogens (primary N) is 1. The Labute approximate surface area is 119 Å². The topological polar surface area (TPSA) is 72.2 Å². The van der Waals surface area contributed by atoms with E-state index in [1.54, 1.807) is 30.3 Å². The second-order valence-corrected chi connectivity index (χ2v) is 6.61. The van der Waals surface area contributed by atoms with Crippen molar-refractivity contribution in [2.75, 3.05) is 12.3 Å². The SMILES string of the molecule is CC(C)=CCNS(=O)(=O)c1cccc2cc(N)ccc12. The van der Waals surface area contributed by atoms with E-state index in [1.807, 2.05) is 26.0 Å². The van der Waals surface area contributed by atoms with Crippen LogP contribution in [0.15, 0.2) is 52.9 Å². The average molecular weight is 290 g/mol. The Hall–Kier alpha value is -1.85. The molecule has 0 aromatic heterocycles. The molecule has 2 aromatic carbocycles. The van der Waals surface area contributed by atoms with Gasteiger partial charge in [-0.05, 0) is 37.4 Å². The predicted molar refractivity (Wildman–Crippen MR) is 83.0 cm³/mol. The van der Waals surface area contributed by atoms with E-state index in [9.17, 15) is 8.42 Å². The number of benzene rings is 2. The normalized spacial score (nSPS) is 11.5. The Morgan fingerprint density at radius 2 is 2.00 bits per heavy atom. The fourth-order valence-electron chi connectivity index (χ4n) is 1.94. The third-order valence-corrected chi connectivity index (χ3v) is 4.42. The number of sulfonamides is 1. The monoisotopic (exact) mass is 290 g/mol. The van der Waals surface area contributed by atoms with Crippen LogP contribution in [-0.2, 0) is 10.0 Å². The molecule has 0 radical (unpaired) electrons. The van der Waals surface area contributed by atoms with Crippen LogP contribution >= 0.6 is 0 Å². The number of rotatable bonds is 4. The molecule has 2 aromatic rings. The van der Waals surface area contributed by atoms with E-state index >= 15 is 0 Å². The van der Waals surface area contributed by atoms with Crippen LogP contribution < -0.4 is 10.5 Å². The molecule has 0 fully saturated rings. The molecule has 0 atom stereocenters. The fourth-order valence-corrected chi connectivity index (χ4v) is 3.13. The van der Waals surface area contributed by atoms with Crippen LogP contribution in [0, 0.1) is 0 Å². The summed E-state index contributed by atoms with van der Waals surface area (Å²) in [5.41, 5.74) is 7.41. The first-order valence-electron chi connectivity index (χ1n) is 6.31. The summed E-state index contributed by atoms with van der Waals surface area (Å²) in [6.45, 7) is 4.14. The zero-order valence-electron chi connectivity index (χ0n) is 11.6. The van der Waals surface area contributed by atoms with Gasteiger partial charge < -0.3 is 5.73 Å². The molecule has 0 aliphatic carbocycles. The van der Waals surface area contributed by atoms with Crippen molar-refractivity contribution in [2.24, 2.45) is 0 Å². The van der Waals surface area contributed by atoms with Gasteiger partial charge in [-0.2, -0.15) is 0 Å². The Morgan fingerprint density at radius 1 is 1.25 bits per heavy atom. The molecule has 2 rings (SSSR count). The molecule has 4 nitrogen and oxygen atoms in total. The molecule has 0 amide bonds. The van der Waals surface area contributed by atoms with E-state index < -0.39 is 10.0 Å². The van der Waals surface area contributed by atoms with E-state index in [0.717, 1.165) is 11.0 Å². The fraction of sp³-hybridized carbons (Fsp3) is 0.200. The summed E-state index contributed by atoms with van der Waals surface area (Å²) >= 11 is 0. The maximum absolute atomic E-state index is 12.3.